The summed E-state index contributed by atoms with van der Waals surface area (Å²) in [7, 11) is -3.49. The van der Waals surface area contributed by atoms with E-state index in [1.54, 1.807) is 6.92 Å². The monoisotopic (exact) mass is 335 g/mol. The van der Waals surface area contributed by atoms with Gasteiger partial charge in [0.1, 0.15) is 0 Å². The zero-order valence-electron chi connectivity index (χ0n) is 11.3. The van der Waals surface area contributed by atoms with Crippen molar-refractivity contribution in [3.05, 3.63) is 10.2 Å². The van der Waals surface area contributed by atoms with Gasteiger partial charge < -0.3 is 4.90 Å². The van der Waals surface area contributed by atoms with Crippen LogP contribution in [0, 0.1) is 6.92 Å². The first-order valence-corrected chi connectivity index (χ1v) is 9.53. The number of halogens is 1. The number of thiazole rings is 1. The standard InChI is InChI=1S/C12H18ClN3O2S2/c1-8-11(19-12(13)14-8)20(17,18)15-9-4-6-16(7-5-9)10-2-3-10/h9-10,15H,2-7H2,1H3. The van der Waals surface area contributed by atoms with Gasteiger partial charge in [0.2, 0.25) is 0 Å². The molecule has 0 amide bonds. The summed E-state index contributed by atoms with van der Waals surface area (Å²) < 4.78 is 28.0. The van der Waals surface area contributed by atoms with Crippen molar-refractivity contribution >= 4 is 33.0 Å². The molecule has 8 heteroatoms. The normalized spacial score (nSPS) is 22.3. The number of hydrogen-bond acceptors (Lipinski definition) is 5. The first-order chi connectivity index (χ1) is 9.45. The molecule has 1 aliphatic heterocycles. The molecule has 2 aliphatic rings. The van der Waals surface area contributed by atoms with Gasteiger partial charge >= 0.3 is 0 Å². The minimum Gasteiger partial charge on any atom is -0.300 e. The van der Waals surface area contributed by atoms with Crippen molar-refractivity contribution in [2.24, 2.45) is 0 Å². The molecule has 0 unspecified atom stereocenters. The smallest absolute Gasteiger partial charge is 0.252 e. The largest absolute Gasteiger partial charge is 0.300 e. The molecule has 1 aliphatic carbocycles. The van der Waals surface area contributed by atoms with Crippen molar-refractivity contribution in [3.8, 4) is 0 Å². The Balaban J connectivity index is 1.63. The van der Waals surface area contributed by atoms with Crippen LogP contribution in [0.5, 0.6) is 0 Å². The molecule has 0 radical (unpaired) electrons. The summed E-state index contributed by atoms with van der Waals surface area (Å²) in [5.41, 5.74) is 0.475. The Labute approximate surface area is 128 Å². The molecule has 1 saturated carbocycles. The van der Waals surface area contributed by atoms with Crippen LogP contribution in [0.25, 0.3) is 0 Å². The van der Waals surface area contributed by atoms with Crippen molar-refractivity contribution < 1.29 is 8.42 Å². The Bertz CT molecular complexity index is 590. The van der Waals surface area contributed by atoms with Gasteiger partial charge in [-0.1, -0.05) is 22.9 Å². The highest BCUT2D eigenvalue weighted by molar-refractivity contribution is 7.91. The average molecular weight is 336 g/mol. The van der Waals surface area contributed by atoms with E-state index < -0.39 is 10.0 Å². The number of piperidine rings is 1. The van der Waals surface area contributed by atoms with Gasteiger partial charge in [-0.05, 0) is 45.7 Å². The van der Waals surface area contributed by atoms with Gasteiger partial charge in [-0.3, -0.25) is 0 Å². The Morgan fingerprint density at radius 1 is 1.30 bits per heavy atom. The summed E-state index contributed by atoms with van der Waals surface area (Å²) in [4.78, 5) is 6.44. The number of aryl methyl sites for hydroxylation is 1. The van der Waals surface area contributed by atoms with Gasteiger partial charge in [0.25, 0.3) is 10.0 Å². The molecule has 2 heterocycles. The maximum atomic E-state index is 12.3. The quantitative estimate of drug-likeness (QED) is 0.914. The van der Waals surface area contributed by atoms with Crippen molar-refractivity contribution in [1.29, 1.82) is 0 Å². The molecule has 2 fully saturated rings. The van der Waals surface area contributed by atoms with E-state index in [2.05, 4.69) is 14.6 Å². The molecule has 3 rings (SSSR count). The van der Waals surface area contributed by atoms with Gasteiger partial charge in [-0.15, -0.1) is 0 Å². The molecule has 5 nitrogen and oxygen atoms in total. The lowest BCUT2D eigenvalue weighted by Gasteiger charge is -2.32. The summed E-state index contributed by atoms with van der Waals surface area (Å²) in [6.07, 6.45) is 4.35. The second kappa shape index (κ2) is 5.53. The van der Waals surface area contributed by atoms with Crippen LogP contribution in [-0.4, -0.2) is 43.5 Å². The topological polar surface area (TPSA) is 62.3 Å². The zero-order chi connectivity index (χ0) is 14.3. The second-order valence-corrected chi connectivity index (χ2v) is 8.99. The number of nitrogens with one attached hydrogen (secondary N) is 1. The maximum absolute atomic E-state index is 12.3. The van der Waals surface area contributed by atoms with E-state index in [9.17, 15) is 8.42 Å². The molecule has 112 valence electrons. The first kappa shape index (κ1) is 14.7. The van der Waals surface area contributed by atoms with Crippen LogP contribution in [0.3, 0.4) is 0 Å². The van der Waals surface area contributed by atoms with E-state index in [4.69, 9.17) is 11.6 Å². The highest BCUT2D eigenvalue weighted by atomic mass is 35.5. The third-order valence-corrected chi connectivity index (χ3v) is 7.28. The minimum absolute atomic E-state index is 0.0234. The lowest BCUT2D eigenvalue weighted by Crippen LogP contribution is -2.45. The van der Waals surface area contributed by atoms with Crippen molar-refractivity contribution in [2.75, 3.05) is 13.1 Å². The van der Waals surface area contributed by atoms with Crippen molar-refractivity contribution in [3.63, 3.8) is 0 Å². The Morgan fingerprint density at radius 3 is 2.45 bits per heavy atom. The number of sulfonamides is 1. The summed E-state index contributed by atoms with van der Waals surface area (Å²) in [5, 5.41) is 0. The van der Waals surface area contributed by atoms with Gasteiger partial charge in [0.05, 0.1) is 5.69 Å². The lowest BCUT2D eigenvalue weighted by molar-refractivity contribution is 0.199. The number of likely N-dealkylation sites (tertiary alicyclic amines) is 1. The molecule has 1 aromatic rings. The van der Waals surface area contributed by atoms with Crippen molar-refractivity contribution in [2.45, 2.75) is 48.9 Å². The van der Waals surface area contributed by atoms with Crippen LogP contribution in [-0.2, 0) is 10.0 Å². The summed E-state index contributed by atoms with van der Waals surface area (Å²) in [6.45, 7) is 3.65. The van der Waals surface area contributed by atoms with E-state index in [0.29, 0.717) is 5.69 Å². The fourth-order valence-electron chi connectivity index (χ4n) is 2.70. The Hall–Kier alpha value is -0.210. The average Bonchev–Trinajstić information content (AvgIpc) is 3.15. The molecular formula is C12H18ClN3O2S2. The molecule has 0 bridgehead atoms. The van der Waals surface area contributed by atoms with Crippen LogP contribution in [0.1, 0.15) is 31.4 Å². The summed E-state index contributed by atoms with van der Waals surface area (Å²) in [5.74, 6) is 0. The fraction of sp³-hybridized carbons (Fsp3) is 0.750. The van der Waals surface area contributed by atoms with Gasteiger partial charge in [0.15, 0.2) is 8.68 Å². The summed E-state index contributed by atoms with van der Waals surface area (Å²) in [6, 6.07) is 0.783. The SMILES string of the molecule is Cc1nc(Cl)sc1S(=O)(=O)NC1CCN(C2CC2)CC1. The minimum atomic E-state index is -3.49. The van der Waals surface area contributed by atoms with Crippen molar-refractivity contribution in [1.82, 2.24) is 14.6 Å². The van der Waals surface area contributed by atoms with Gasteiger partial charge in [0, 0.05) is 12.1 Å². The third-order valence-electron chi connectivity index (χ3n) is 3.89. The maximum Gasteiger partial charge on any atom is 0.252 e. The van der Waals surface area contributed by atoms with E-state index in [-0.39, 0.29) is 14.7 Å². The molecule has 0 atom stereocenters. The Morgan fingerprint density at radius 2 is 1.95 bits per heavy atom. The molecule has 1 N–H and O–H groups in total. The molecule has 1 aromatic heterocycles. The number of rotatable bonds is 4. The van der Waals surface area contributed by atoms with Gasteiger partial charge in [-0.2, -0.15) is 0 Å². The van der Waals surface area contributed by atoms with Gasteiger partial charge in [-0.25, -0.2) is 18.1 Å². The van der Waals surface area contributed by atoms with E-state index in [1.165, 1.54) is 12.8 Å². The molecule has 1 saturated heterocycles. The van der Waals surface area contributed by atoms with E-state index in [0.717, 1.165) is 43.3 Å². The highest BCUT2D eigenvalue weighted by Gasteiger charge is 2.33. The Kier molecular flexibility index (Phi) is 4.07. The van der Waals surface area contributed by atoms with Crippen LogP contribution >= 0.6 is 22.9 Å². The molecule has 0 spiro atoms. The summed E-state index contributed by atoms with van der Waals surface area (Å²) >= 11 is 6.80. The van der Waals surface area contributed by atoms with Crippen LogP contribution in [0.15, 0.2) is 4.21 Å². The fourth-order valence-corrected chi connectivity index (χ4v) is 5.76. The predicted molar refractivity (Wildman–Crippen MR) is 79.8 cm³/mol. The number of nitrogens with zero attached hydrogens (tertiary/aromatic N) is 2. The van der Waals surface area contributed by atoms with E-state index in [1.807, 2.05) is 0 Å². The molecule has 20 heavy (non-hydrogen) atoms. The predicted octanol–water partition coefficient (Wildman–Crippen LogP) is 2.01. The third kappa shape index (κ3) is 3.17. The number of aromatic nitrogens is 1. The lowest BCUT2D eigenvalue weighted by atomic mass is 10.1. The van der Waals surface area contributed by atoms with E-state index >= 15 is 0 Å². The first-order valence-electron chi connectivity index (χ1n) is 6.85. The molecular weight excluding hydrogens is 318 g/mol. The second-order valence-electron chi connectivity index (χ2n) is 5.50. The zero-order valence-corrected chi connectivity index (χ0v) is 13.7. The van der Waals surface area contributed by atoms with Crippen LogP contribution in [0.2, 0.25) is 4.47 Å². The van der Waals surface area contributed by atoms with Crippen LogP contribution in [0.4, 0.5) is 0 Å². The number of hydrogen-bond donors (Lipinski definition) is 1. The molecule has 0 aromatic carbocycles. The van der Waals surface area contributed by atoms with Crippen LogP contribution < -0.4 is 4.72 Å². The highest BCUT2D eigenvalue weighted by Crippen LogP contribution is 2.30.